The molecule has 0 unspecified atom stereocenters. The summed E-state index contributed by atoms with van der Waals surface area (Å²) >= 11 is 1.36. The monoisotopic (exact) mass is 422 g/mol. The van der Waals surface area contributed by atoms with E-state index < -0.39 is 0 Å². The molecule has 4 aromatic rings. The minimum atomic E-state index is -0.0632. The van der Waals surface area contributed by atoms with Gasteiger partial charge >= 0.3 is 0 Å². The normalized spacial score (nSPS) is 11.0. The van der Waals surface area contributed by atoms with Crippen LogP contribution in [0.1, 0.15) is 12.5 Å². The molecular weight excluding hydrogens is 400 g/mol. The molecule has 0 radical (unpaired) electrons. The van der Waals surface area contributed by atoms with Crippen LogP contribution in [0.2, 0.25) is 0 Å². The van der Waals surface area contributed by atoms with E-state index in [1.807, 2.05) is 66.1 Å². The summed E-state index contributed by atoms with van der Waals surface area (Å²) in [5.74, 6) is 2.32. The van der Waals surface area contributed by atoms with Crippen LogP contribution in [0.25, 0.3) is 22.6 Å². The number of thioether (sulfide) groups is 1. The molecule has 2 aromatic heterocycles. The molecule has 2 aromatic carbocycles. The van der Waals surface area contributed by atoms with Crippen LogP contribution in [0.5, 0.6) is 5.75 Å². The van der Waals surface area contributed by atoms with Crippen molar-refractivity contribution >= 4 is 28.6 Å². The van der Waals surface area contributed by atoms with Crippen LogP contribution in [0, 0.1) is 0 Å². The lowest BCUT2D eigenvalue weighted by Crippen LogP contribution is -2.24. The van der Waals surface area contributed by atoms with E-state index in [4.69, 9.17) is 9.15 Å². The van der Waals surface area contributed by atoms with Crippen molar-refractivity contribution in [3.8, 4) is 17.3 Å². The Bertz CT molecular complexity index is 1120. The molecular formula is C22H22N4O3S. The number of hydrogen-bond donors (Lipinski definition) is 1. The van der Waals surface area contributed by atoms with Gasteiger partial charge in [0.05, 0.1) is 12.9 Å². The fraction of sp³-hybridized carbons (Fsp3) is 0.227. The first-order chi connectivity index (χ1) is 14.7. The summed E-state index contributed by atoms with van der Waals surface area (Å²) in [5.41, 5.74) is 1.82. The van der Waals surface area contributed by atoms with E-state index in [0.717, 1.165) is 22.3 Å². The van der Waals surface area contributed by atoms with Crippen molar-refractivity contribution in [3.05, 3.63) is 60.2 Å². The Hall–Kier alpha value is -3.26. The molecule has 154 valence electrons. The number of ether oxygens (including phenoxy) is 1. The van der Waals surface area contributed by atoms with E-state index in [0.29, 0.717) is 29.8 Å². The van der Waals surface area contributed by atoms with Crippen LogP contribution >= 0.6 is 11.8 Å². The molecule has 0 bridgehead atoms. The van der Waals surface area contributed by atoms with E-state index in [1.54, 1.807) is 7.11 Å². The fourth-order valence-electron chi connectivity index (χ4n) is 3.08. The third kappa shape index (κ3) is 4.33. The highest BCUT2D eigenvalue weighted by Gasteiger charge is 2.17. The molecule has 1 amide bonds. The molecule has 1 N–H and O–H groups in total. The van der Waals surface area contributed by atoms with Gasteiger partial charge in [-0.1, -0.05) is 42.1 Å². The zero-order valence-electron chi connectivity index (χ0n) is 16.8. The molecule has 0 atom stereocenters. The van der Waals surface area contributed by atoms with Crippen molar-refractivity contribution in [1.29, 1.82) is 0 Å². The maximum absolute atomic E-state index is 12.3. The van der Waals surface area contributed by atoms with E-state index in [2.05, 4.69) is 15.5 Å². The number of nitrogens with one attached hydrogen (secondary N) is 1. The molecule has 2 heterocycles. The van der Waals surface area contributed by atoms with Crippen molar-refractivity contribution in [2.75, 3.05) is 12.9 Å². The van der Waals surface area contributed by atoms with E-state index in [-0.39, 0.29) is 11.7 Å². The van der Waals surface area contributed by atoms with Crippen molar-refractivity contribution in [3.63, 3.8) is 0 Å². The van der Waals surface area contributed by atoms with Gasteiger partial charge in [-0.25, -0.2) is 0 Å². The Labute approximate surface area is 178 Å². The summed E-state index contributed by atoms with van der Waals surface area (Å²) in [6.07, 6.45) is 0. The average molecular weight is 423 g/mol. The van der Waals surface area contributed by atoms with Gasteiger partial charge in [0, 0.05) is 18.5 Å². The quantitative estimate of drug-likeness (QED) is 0.430. The van der Waals surface area contributed by atoms with Gasteiger partial charge < -0.3 is 14.5 Å². The number of carbonyl (C=O) groups excluding carboxylic acids is 1. The maximum Gasteiger partial charge on any atom is 0.230 e. The molecule has 4 rings (SSSR count). The van der Waals surface area contributed by atoms with Crippen molar-refractivity contribution < 1.29 is 13.9 Å². The number of aromatic nitrogens is 3. The lowest BCUT2D eigenvalue weighted by molar-refractivity contribution is -0.118. The second-order valence-electron chi connectivity index (χ2n) is 6.61. The van der Waals surface area contributed by atoms with Crippen LogP contribution in [-0.2, 0) is 17.9 Å². The van der Waals surface area contributed by atoms with E-state index in [1.165, 1.54) is 11.8 Å². The van der Waals surface area contributed by atoms with Gasteiger partial charge in [0.15, 0.2) is 10.9 Å². The van der Waals surface area contributed by atoms with Crippen molar-refractivity contribution in [1.82, 2.24) is 20.1 Å². The summed E-state index contributed by atoms with van der Waals surface area (Å²) in [5, 5.41) is 13.2. The topological polar surface area (TPSA) is 82.2 Å². The molecule has 0 aliphatic carbocycles. The maximum atomic E-state index is 12.3. The minimum Gasteiger partial charge on any atom is -0.497 e. The van der Waals surface area contributed by atoms with Crippen molar-refractivity contribution in [2.45, 2.75) is 25.2 Å². The van der Waals surface area contributed by atoms with Gasteiger partial charge in [-0.05, 0) is 36.8 Å². The number of amides is 1. The number of rotatable bonds is 8. The first-order valence-corrected chi connectivity index (χ1v) is 10.6. The zero-order chi connectivity index (χ0) is 20.9. The van der Waals surface area contributed by atoms with Crippen LogP contribution in [0.4, 0.5) is 0 Å². The molecule has 0 saturated carbocycles. The molecule has 30 heavy (non-hydrogen) atoms. The van der Waals surface area contributed by atoms with Gasteiger partial charge in [0.25, 0.3) is 0 Å². The lowest BCUT2D eigenvalue weighted by Gasteiger charge is -2.07. The lowest BCUT2D eigenvalue weighted by atomic mass is 10.2. The molecule has 0 spiro atoms. The zero-order valence-corrected chi connectivity index (χ0v) is 17.6. The SMILES string of the molecule is CCn1c(SCC(=O)NCc2ccc(OC)cc2)nnc1-c1cc2ccccc2o1. The van der Waals surface area contributed by atoms with Gasteiger partial charge in [0.1, 0.15) is 11.3 Å². The minimum absolute atomic E-state index is 0.0632. The molecule has 7 nitrogen and oxygen atoms in total. The summed E-state index contributed by atoms with van der Waals surface area (Å²) in [6.45, 7) is 3.16. The number of hydrogen-bond acceptors (Lipinski definition) is 6. The van der Waals surface area contributed by atoms with E-state index in [9.17, 15) is 4.79 Å². The third-order valence-electron chi connectivity index (χ3n) is 4.66. The number of nitrogens with zero attached hydrogens (tertiary/aromatic N) is 3. The number of fused-ring (bicyclic) bond motifs is 1. The van der Waals surface area contributed by atoms with Gasteiger partial charge in [-0.3, -0.25) is 9.36 Å². The van der Waals surface area contributed by atoms with Gasteiger partial charge in [-0.15, -0.1) is 10.2 Å². The fourth-order valence-corrected chi connectivity index (χ4v) is 3.91. The standard InChI is InChI=1S/C22H22N4O3S/c1-3-26-21(19-12-16-6-4-5-7-18(16)29-19)24-25-22(26)30-14-20(27)23-13-15-8-10-17(28-2)11-9-15/h4-12H,3,13-14H2,1-2H3,(H,23,27). The van der Waals surface area contributed by atoms with Crippen LogP contribution in [0.3, 0.4) is 0 Å². The average Bonchev–Trinajstić information content (AvgIpc) is 3.39. The smallest absolute Gasteiger partial charge is 0.230 e. The Balaban J connectivity index is 1.39. The number of benzene rings is 2. The highest BCUT2D eigenvalue weighted by molar-refractivity contribution is 7.99. The van der Waals surface area contributed by atoms with Crippen molar-refractivity contribution in [2.24, 2.45) is 0 Å². The van der Waals surface area contributed by atoms with E-state index >= 15 is 0 Å². The third-order valence-corrected chi connectivity index (χ3v) is 5.63. The first kappa shape index (κ1) is 20.0. The second-order valence-corrected chi connectivity index (χ2v) is 7.55. The predicted octanol–water partition coefficient (Wildman–Crippen LogP) is 4.13. The highest BCUT2D eigenvalue weighted by Crippen LogP contribution is 2.29. The van der Waals surface area contributed by atoms with Crippen LogP contribution < -0.4 is 10.1 Å². The predicted molar refractivity (Wildman–Crippen MR) is 116 cm³/mol. The van der Waals surface area contributed by atoms with Gasteiger partial charge in [0.2, 0.25) is 11.7 Å². The summed E-state index contributed by atoms with van der Waals surface area (Å²) in [4.78, 5) is 12.3. The summed E-state index contributed by atoms with van der Waals surface area (Å²) in [7, 11) is 1.63. The molecule has 0 fully saturated rings. The summed E-state index contributed by atoms with van der Waals surface area (Å²) in [6, 6.07) is 17.4. The number of furan rings is 1. The highest BCUT2D eigenvalue weighted by atomic mass is 32.2. The van der Waals surface area contributed by atoms with Crippen LogP contribution in [0.15, 0.2) is 64.2 Å². The second kappa shape index (κ2) is 9.04. The summed E-state index contributed by atoms with van der Waals surface area (Å²) < 4.78 is 13.0. The van der Waals surface area contributed by atoms with Gasteiger partial charge in [-0.2, -0.15) is 0 Å². The molecule has 8 heteroatoms. The number of carbonyl (C=O) groups is 1. The largest absolute Gasteiger partial charge is 0.497 e. The number of para-hydroxylation sites is 1. The van der Waals surface area contributed by atoms with Crippen LogP contribution in [-0.4, -0.2) is 33.5 Å². The molecule has 0 aliphatic rings. The number of methoxy groups -OCH3 is 1. The Morgan fingerprint density at radius 1 is 1.17 bits per heavy atom. The Morgan fingerprint density at radius 3 is 2.70 bits per heavy atom. The molecule has 0 saturated heterocycles. The Morgan fingerprint density at radius 2 is 1.97 bits per heavy atom. The first-order valence-electron chi connectivity index (χ1n) is 9.62. The molecule has 0 aliphatic heterocycles. The Kier molecular flexibility index (Phi) is 6.04.